The van der Waals surface area contributed by atoms with E-state index in [1.807, 2.05) is 21.6 Å². The van der Waals surface area contributed by atoms with Crippen LogP contribution in [0.15, 0.2) is 23.1 Å². The van der Waals surface area contributed by atoms with Crippen LogP contribution in [-0.2, 0) is 5.75 Å². The van der Waals surface area contributed by atoms with Gasteiger partial charge in [0.05, 0.1) is 0 Å². The summed E-state index contributed by atoms with van der Waals surface area (Å²) in [6.07, 6.45) is 0. The van der Waals surface area contributed by atoms with Crippen molar-refractivity contribution in [3.05, 3.63) is 29.3 Å². The summed E-state index contributed by atoms with van der Waals surface area (Å²) >= 11 is 0. The van der Waals surface area contributed by atoms with E-state index >= 15 is 0 Å². The highest BCUT2D eigenvalue weighted by molar-refractivity contribution is 8.76. The Labute approximate surface area is 68.8 Å². The zero-order chi connectivity index (χ0) is 6.97. The first-order chi connectivity index (χ1) is 4.88. The molecule has 0 bridgehead atoms. The van der Waals surface area contributed by atoms with Crippen LogP contribution in [-0.4, -0.2) is 0 Å². The third-order valence-corrected chi connectivity index (χ3v) is 4.15. The summed E-state index contributed by atoms with van der Waals surface area (Å²) in [5, 5.41) is 0. The first-order valence-corrected chi connectivity index (χ1v) is 5.58. The van der Waals surface area contributed by atoms with Gasteiger partial charge in [-0.15, -0.1) is 0 Å². The van der Waals surface area contributed by atoms with Gasteiger partial charge in [-0.05, 0) is 18.1 Å². The van der Waals surface area contributed by atoms with Gasteiger partial charge in [0.15, 0.2) is 0 Å². The van der Waals surface area contributed by atoms with Crippen molar-refractivity contribution >= 4 is 21.6 Å². The number of hydrogen-bond acceptors (Lipinski definition) is 2. The van der Waals surface area contributed by atoms with Gasteiger partial charge in [-0.3, -0.25) is 0 Å². The highest BCUT2D eigenvalue weighted by atomic mass is 33.1. The molecule has 0 amide bonds. The standard InChI is InChI=1S/C8H8S2/c1-6-3-2-4-7-5-9-10-8(6)7/h2-4H,5H2,1H3. The molecule has 1 aliphatic rings. The van der Waals surface area contributed by atoms with Crippen molar-refractivity contribution in [3.8, 4) is 0 Å². The molecule has 2 heteroatoms. The van der Waals surface area contributed by atoms with E-state index in [9.17, 15) is 0 Å². The number of aryl methyl sites for hydroxylation is 1. The van der Waals surface area contributed by atoms with Crippen LogP contribution in [0.4, 0.5) is 0 Å². The molecule has 10 heavy (non-hydrogen) atoms. The zero-order valence-electron chi connectivity index (χ0n) is 5.76. The van der Waals surface area contributed by atoms with Crippen molar-refractivity contribution in [2.45, 2.75) is 17.6 Å². The first-order valence-electron chi connectivity index (χ1n) is 3.26. The fourth-order valence-electron chi connectivity index (χ4n) is 1.10. The van der Waals surface area contributed by atoms with Gasteiger partial charge in [0.25, 0.3) is 0 Å². The molecule has 0 unspecified atom stereocenters. The Kier molecular flexibility index (Phi) is 1.66. The Morgan fingerprint density at radius 1 is 1.40 bits per heavy atom. The summed E-state index contributed by atoms with van der Waals surface area (Å²) < 4.78 is 0. The second kappa shape index (κ2) is 2.51. The van der Waals surface area contributed by atoms with Gasteiger partial charge < -0.3 is 0 Å². The Balaban J connectivity index is 2.59. The molecule has 0 aromatic heterocycles. The van der Waals surface area contributed by atoms with E-state index in [0.29, 0.717) is 0 Å². The van der Waals surface area contributed by atoms with Crippen LogP contribution < -0.4 is 0 Å². The van der Waals surface area contributed by atoms with Crippen molar-refractivity contribution in [3.63, 3.8) is 0 Å². The molecule has 0 fully saturated rings. The number of benzene rings is 1. The molecular formula is C8H8S2. The summed E-state index contributed by atoms with van der Waals surface area (Å²) in [5.74, 6) is 1.18. The molecule has 1 heterocycles. The van der Waals surface area contributed by atoms with Gasteiger partial charge >= 0.3 is 0 Å². The third kappa shape index (κ3) is 0.956. The minimum atomic E-state index is 1.18. The zero-order valence-corrected chi connectivity index (χ0v) is 7.39. The summed E-state index contributed by atoms with van der Waals surface area (Å²) in [5.41, 5.74) is 2.93. The normalized spacial score (nSPS) is 15.3. The fourth-order valence-corrected chi connectivity index (χ4v) is 3.81. The minimum Gasteiger partial charge on any atom is -0.0841 e. The molecule has 1 aromatic carbocycles. The van der Waals surface area contributed by atoms with Gasteiger partial charge in [-0.2, -0.15) is 0 Å². The lowest BCUT2D eigenvalue weighted by Gasteiger charge is -1.98. The van der Waals surface area contributed by atoms with Crippen LogP contribution in [0, 0.1) is 6.92 Å². The summed E-state index contributed by atoms with van der Waals surface area (Å²) in [4.78, 5) is 1.49. The van der Waals surface area contributed by atoms with Crippen LogP contribution in [0.25, 0.3) is 0 Å². The molecule has 1 aromatic rings. The molecular weight excluding hydrogens is 160 g/mol. The largest absolute Gasteiger partial charge is 0.0841 e. The predicted octanol–water partition coefficient (Wildman–Crippen LogP) is 3.25. The van der Waals surface area contributed by atoms with Crippen LogP contribution in [0.1, 0.15) is 11.1 Å². The van der Waals surface area contributed by atoms with Crippen molar-refractivity contribution in [2.24, 2.45) is 0 Å². The van der Waals surface area contributed by atoms with Crippen molar-refractivity contribution < 1.29 is 0 Å². The number of hydrogen-bond donors (Lipinski definition) is 0. The average Bonchev–Trinajstić information content (AvgIpc) is 2.36. The van der Waals surface area contributed by atoms with Crippen molar-refractivity contribution in [1.82, 2.24) is 0 Å². The first kappa shape index (κ1) is 6.62. The maximum absolute atomic E-state index is 2.22. The quantitative estimate of drug-likeness (QED) is 0.545. The SMILES string of the molecule is Cc1cccc2c1SSC2. The number of fused-ring (bicyclic) bond motifs is 1. The second-order valence-corrected chi connectivity index (χ2v) is 4.72. The van der Waals surface area contributed by atoms with E-state index in [2.05, 4.69) is 25.1 Å². The minimum absolute atomic E-state index is 1.18. The molecule has 52 valence electrons. The van der Waals surface area contributed by atoms with Crippen LogP contribution in [0.3, 0.4) is 0 Å². The molecule has 0 radical (unpaired) electrons. The van der Waals surface area contributed by atoms with Crippen LogP contribution in [0.5, 0.6) is 0 Å². The Bertz CT molecular complexity index is 255. The van der Waals surface area contributed by atoms with Gasteiger partial charge in [-0.25, -0.2) is 0 Å². The van der Waals surface area contributed by atoms with Crippen LogP contribution in [0.2, 0.25) is 0 Å². The smallest absolute Gasteiger partial charge is 0.0303 e. The molecule has 0 spiro atoms. The molecule has 0 atom stereocenters. The van der Waals surface area contributed by atoms with E-state index in [1.165, 1.54) is 21.8 Å². The topological polar surface area (TPSA) is 0 Å². The molecule has 1 aliphatic heterocycles. The van der Waals surface area contributed by atoms with E-state index in [0.717, 1.165) is 0 Å². The Hall–Kier alpha value is -0.0800. The van der Waals surface area contributed by atoms with Crippen molar-refractivity contribution in [1.29, 1.82) is 0 Å². The Morgan fingerprint density at radius 2 is 2.30 bits per heavy atom. The Morgan fingerprint density at radius 3 is 3.10 bits per heavy atom. The molecule has 0 saturated heterocycles. The highest BCUT2D eigenvalue weighted by Crippen LogP contribution is 2.45. The summed E-state index contributed by atoms with van der Waals surface area (Å²) in [7, 11) is 3.84. The molecule has 0 saturated carbocycles. The lowest BCUT2D eigenvalue weighted by Crippen LogP contribution is -1.80. The molecule has 0 N–H and O–H groups in total. The number of rotatable bonds is 0. The highest BCUT2D eigenvalue weighted by Gasteiger charge is 2.12. The molecule has 2 rings (SSSR count). The third-order valence-electron chi connectivity index (χ3n) is 1.65. The summed E-state index contributed by atoms with van der Waals surface area (Å²) in [6.45, 7) is 2.18. The average molecular weight is 168 g/mol. The summed E-state index contributed by atoms with van der Waals surface area (Å²) in [6, 6.07) is 6.54. The lowest BCUT2D eigenvalue weighted by molar-refractivity contribution is 1.22. The maximum Gasteiger partial charge on any atom is 0.0303 e. The molecule has 0 aliphatic carbocycles. The van der Waals surface area contributed by atoms with E-state index in [1.54, 1.807) is 0 Å². The second-order valence-electron chi connectivity index (χ2n) is 2.41. The van der Waals surface area contributed by atoms with Gasteiger partial charge in [0.1, 0.15) is 0 Å². The van der Waals surface area contributed by atoms with Crippen molar-refractivity contribution in [2.75, 3.05) is 0 Å². The van der Waals surface area contributed by atoms with E-state index < -0.39 is 0 Å². The predicted molar refractivity (Wildman–Crippen MR) is 48.3 cm³/mol. The van der Waals surface area contributed by atoms with Gasteiger partial charge in [0.2, 0.25) is 0 Å². The maximum atomic E-state index is 2.22. The molecule has 0 nitrogen and oxygen atoms in total. The lowest BCUT2D eigenvalue weighted by atomic mass is 10.2. The van der Waals surface area contributed by atoms with E-state index in [4.69, 9.17) is 0 Å². The fraction of sp³-hybridized carbons (Fsp3) is 0.250. The van der Waals surface area contributed by atoms with E-state index in [-0.39, 0.29) is 0 Å². The van der Waals surface area contributed by atoms with Gasteiger partial charge in [-0.1, -0.05) is 39.8 Å². The van der Waals surface area contributed by atoms with Gasteiger partial charge in [0, 0.05) is 10.6 Å². The van der Waals surface area contributed by atoms with Crippen LogP contribution >= 0.6 is 21.6 Å². The monoisotopic (exact) mass is 168 g/mol.